The first-order valence-corrected chi connectivity index (χ1v) is 10.6. The van der Waals surface area contributed by atoms with Gasteiger partial charge in [-0.3, -0.25) is 0 Å². The second-order valence-corrected chi connectivity index (χ2v) is 7.52. The van der Waals surface area contributed by atoms with Crippen molar-refractivity contribution in [2.24, 2.45) is 0 Å². The largest absolute Gasteiger partial charge is 0.496 e. The van der Waals surface area contributed by atoms with Crippen LogP contribution < -0.4 is 14.8 Å². The summed E-state index contributed by atoms with van der Waals surface area (Å²) in [5, 5.41) is 13.8. The lowest BCUT2D eigenvalue weighted by atomic mass is 9.97. The van der Waals surface area contributed by atoms with E-state index in [1.165, 1.54) is 0 Å². The van der Waals surface area contributed by atoms with Crippen molar-refractivity contribution >= 4 is 5.97 Å². The Labute approximate surface area is 178 Å². The second-order valence-electron chi connectivity index (χ2n) is 7.52. The van der Waals surface area contributed by atoms with Crippen LogP contribution in [0.1, 0.15) is 41.3 Å². The molecule has 0 saturated carbocycles. The molecule has 1 aliphatic rings. The van der Waals surface area contributed by atoms with Crippen LogP contribution in [0.4, 0.5) is 0 Å². The van der Waals surface area contributed by atoms with E-state index in [1.807, 2.05) is 36.4 Å². The zero-order valence-corrected chi connectivity index (χ0v) is 17.7. The molecule has 1 aliphatic carbocycles. The molecule has 2 N–H and O–H groups in total. The van der Waals surface area contributed by atoms with Gasteiger partial charge < -0.3 is 24.6 Å². The molecular formula is C24H31NO5. The molecule has 0 aliphatic heterocycles. The number of carbonyl (C=O) groups is 1. The minimum absolute atomic E-state index is 0.208. The highest BCUT2D eigenvalue weighted by molar-refractivity contribution is 5.90. The zero-order chi connectivity index (χ0) is 21.3. The Morgan fingerprint density at radius 1 is 1.27 bits per heavy atom. The van der Waals surface area contributed by atoms with Gasteiger partial charge in [-0.2, -0.15) is 0 Å². The number of rotatable bonds is 9. The smallest absolute Gasteiger partial charge is 0.338 e. The predicted molar refractivity (Wildman–Crippen MR) is 115 cm³/mol. The summed E-state index contributed by atoms with van der Waals surface area (Å²) in [5.74, 6) is 1.16. The van der Waals surface area contributed by atoms with Crippen LogP contribution in [0.25, 0.3) is 0 Å². The van der Waals surface area contributed by atoms with Gasteiger partial charge in [-0.1, -0.05) is 18.2 Å². The fourth-order valence-electron chi connectivity index (χ4n) is 3.82. The summed E-state index contributed by atoms with van der Waals surface area (Å²) in [7, 11) is 1.63. The molecule has 0 unspecified atom stereocenters. The van der Waals surface area contributed by atoms with E-state index in [4.69, 9.17) is 14.2 Å². The highest BCUT2D eigenvalue weighted by atomic mass is 16.5. The SMILES string of the molecule is CCOC(=O)c1cc2c(c(OC)c1)CCC[C@H](NC[C@H](O)COc1ccccc1)C2. The third kappa shape index (κ3) is 5.97. The third-order valence-electron chi connectivity index (χ3n) is 5.31. The molecule has 2 atom stereocenters. The fourth-order valence-corrected chi connectivity index (χ4v) is 3.82. The van der Waals surface area contributed by atoms with Crippen LogP contribution in [0.5, 0.6) is 11.5 Å². The molecule has 0 aromatic heterocycles. The van der Waals surface area contributed by atoms with Crippen molar-refractivity contribution in [1.29, 1.82) is 0 Å². The van der Waals surface area contributed by atoms with E-state index in [9.17, 15) is 9.90 Å². The van der Waals surface area contributed by atoms with Crippen LogP contribution in [0.3, 0.4) is 0 Å². The molecule has 6 nitrogen and oxygen atoms in total. The van der Waals surface area contributed by atoms with E-state index in [-0.39, 0.29) is 18.6 Å². The van der Waals surface area contributed by atoms with Gasteiger partial charge in [-0.25, -0.2) is 4.79 Å². The van der Waals surface area contributed by atoms with Crippen molar-refractivity contribution in [1.82, 2.24) is 5.32 Å². The van der Waals surface area contributed by atoms with Gasteiger partial charge in [0, 0.05) is 12.6 Å². The van der Waals surface area contributed by atoms with Crippen LogP contribution in [0, 0.1) is 0 Å². The van der Waals surface area contributed by atoms with Crippen molar-refractivity contribution in [2.45, 2.75) is 44.8 Å². The normalized spacial score (nSPS) is 16.8. The Morgan fingerprint density at radius 2 is 2.07 bits per heavy atom. The van der Waals surface area contributed by atoms with Crippen LogP contribution in [-0.4, -0.2) is 50.1 Å². The molecule has 2 aromatic rings. The van der Waals surface area contributed by atoms with Crippen molar-refractivity contribution < 1.29 is 24.1 Å². The molecule has 6 heteroatoms. The minimum Gasteiger partial charge on any atom is -0.496 e. The van der Waals surface area contributed by atoms with Gasteiger partial charge >= 0.3 is 5.97 Å². The first kappa shape index (κ1) is 22.1. The average Bonchev–Trinajstić information content (AvgIpc) is 2.98. The number of methoxy groups -OCH3 is 1. The van der Waals surface area contributed by atoms with Gasteiger partial charge in [0.2, 0.25) is 0 Å². The maximum atomic E-state index is 12.2. The molecule has 0 radical (unpaired) electrons. The van der Waals surface area contributed by atoms with Crippen LogP contribution >= 0.6 is 0 Å². The lowest BCUT2D eigenvalue weighted by Gasteiger charge is -2.20. The maximum absolute atomic E-state index is 12.2. The molecule has 0 spiro atoms. The summed E-state index contributed by atoms with van der Waals surface area (Å²) in [6, 6.07) is 13.4. The molecule has 0 saturated heterocycles. The van der Waals surface area contributed by atoms with Gasteiger partial charge in [-0.05, 0) is 68.0 Å². The minimum atomic E-state index is -0.603. The molecule has 3 rings (SSSR count). The summed E-state index contributed by atoms with van der Waals surface area (Å²) < 4.78 is 16.3. The molecule has 162 valence electrons. The highest BCUT2D eigenvalue weighted by Crippen LogP contribution is 2.31. The van der Waals surface area contributed by atoms with Crippen molar-refractivity contribution in [3.05, 3.63) is 59.2 Å². The molecule has 0 bridgehead atoms. The molecule has 0 amide bonds. The van der Waals surface area contributed by atoms with Crippen LogP contribution in [-0.2, 0) is 17.6 Å². The van der Waals surface area contributed by atoms with Crippen LogP contribution in [0.2, 0.25) is 0 Å². The van der Waals surface area contributed by atoms with Gasteiger partial charge in [0.1, 0.15) is 24.2 Å². The van der Waals surface area contributed by atoms with E-state index in [1.54, 1.807) is 20.1 Å². The Balaban J connectivity index is 1.61. The number of hydrogen-bond donors (Lipinski definition) is 2. The first-order valence-electron chi connectivity index (χ1n) is 10.6. The number of nitrogens with one attached hydrogen (secondary N) is 1. The summed E-state index contributed by atoms with van der Waals surface area (Å²) >= 11 is 0. The Bertz CT molecular complexity index is 824. The first-order chi connectivity index (χ1) is 14.6. The van der Waals surface area contributed by atoms with E-state index >= 15 is 0 Å². The number of esters is 1. The number of aliphatic hydroxyl groups is 1. The summed E-state index contributed by atoms with van der Waals surface area (Å²) in [6.45, 7) is 2.82. The number of para-hydroxylation sites is 1. The van der Waals surface area contributed by atoms with E-state index < -0.39 is 6.10 Å². The summed E-state index contributed by atoms with van der Waals surface area (Å²) in [4.78, 5) is 12.2. The van der Waals surface area contributed by atoms with Gasteiger partial charge in [0.05, 0.1) is 19.3 Å². The zero-order valence-electron chi connectivity index (χ0n) is 17.7. The molecular weight excluding hydrogens is 382 g/mol. The lowest BCUT2D eigenvalue weighted by molar-refractivity contribution is 0.0525. The number of benzene rings is 2. The Kier molecular flexibility index (Phi) is 8.11. The molecule has 0 fully saturated rings. The van der Waals surface area contributed by atoms with Crippen LogP contribution in [0.15, 0.2) is 42.5 Å². The van der Waals surface area contributed by atoms with Crippen molar-refractivity contribution in [3.8, 4) is 11.5 Å². The number of carbonyl (C=O) groups excluding carboxylic acids is 1. The maximum Gasteiger partial charge on any atom is 0.338 e. The van der Waals surface area contributed by atoms with Gasteiger partial charge in [-0.15, -0.1) is 0 Å². The van der Waals surface area contributed by atoms with Crippen molar-refractivity contribution in [2.75, 3.05) is 26.9 Å². The van der Waals surface area contributed by atoms with E-state index in [2.05, 4.69) is 5.32 Å². The fraction of sp³-hybridized carbons (Fsp3) is 0.458. The third-order valence-corrected chi connectivity index (χ3v) is 5.31. The average molecular weight is 414 g/mol. The molecule has 30 heavy (non-hydrogen) atoms. The highest BCUT2D eigenvalue weighted by Gasteiger charge is 2.22. The predicted octanol–water partition coefficient (Wildman–Crippen LogP) is 3.15. The number of aliphatic hydroxyl groups excluding tert-OH is 1. The standard InChI is InChI=1S/C24H31NO5/c1-3-29-24(27)18-12-17-13-19(8-7-11-22(17)23(14-18)28-2)25-15-20(26)16-30-21-9-5-4-6-10-21/h4-6,9-10,12,14,19-20,25-26H,3,7-8,11,13,15-16H2,1-2H3/t19-,20-/m0/s1. The number of hydrogen-bond acceptors (Lipinski definition) is 6. The Morgan fingerprint density at radius 3 is 2.80 bits per heavy atom. The Hall–Kier alpha value is -2.57. The molecule has 0 heterocycles. The van der Waals surface area contributed by atoms with Crippen molar-refractivity contribution in [3.63, 3.8) is 0 Å². The van der Waals surface area contributed by atoms with E-state index in [0.717, 1.165) is 48.3 Å². The summed E-state index contributed by atoms with van der Waals surface area (Å²) in [6.07, 6.45) is 3.06. The topological polar surface area (TPSA) is 77.0 Å². The lowest BCUT2D eigenvalue weighted by Crippen LogP contribution is -2.39. The quantitative estimate of drug-likeness (QED) is 0.486. The number of ether oxygens (including phenoxy) is 3. The van der Waals surface area contributed by atoms with E-state index in [0.29, 0.717) is 18.7 Å². The second kappa shape index (κ2) is 11.0. The monoisotopic (exact) mass is 413 g/mol. The van der Waals surface area contributed by atoms with Gasteiger partial charge in [0.15, 0.2) is 0 Å². The van der Waals surface area contributed by atoms with Gasteiger partial charge in [0.25, 0.3) is 0 Å². The number of fused-ring (bicyclic) bond motifs is 1. The summed E-state index contributed by atoms with van der Waals surface area (Å²) in [5.41, 5.74) is 2.77. The molecule has 2 aromatic carbocycles.